The topological polar surface area (TPSA) is 49.8 Å². The molecule has 2 N–H and O–H groups in total. The summed E-state index contributed by atoms with van der Waals surface area (Å²) in [4.78, 5) is 8.16. The molecule has 0 radical (unpaired) electrons. The molecule has 1 aromatic rings. The fourth-order valence-corrected chi connectivity index (χ4v) is 2.11. The molecule has 15 heavy (non-hydrogen) atoms. The zero-order valence-corrected chi connectivity index (χ0v) is 10.1. The van der Waals surface area contributed by atoms with Crippen LogP contribution in [-0.4, -0.2) is 29.1 Å². The van der Waals surface area contributed by atoms with Crippen molar-refractivity contribution in [3.63, 3.8) is 0 Å². The van der Waals surface area contributed by atoms with E-state index in [0.717, 1.165) is 29.8 Å². The molecule has 1 atom stereocenters. The summed E-state index contributed by atoms with van der Waals surface area (Å²) in [5.41, 5.74) is 0. The summed E-state index contributed by atoms with van der Waals surface area (Å²) in [6.07, 6.45) is 6.91. The lowest BCUT2D eigenvalue weighted by Gasteiger charge is -2.16. The molecule has 1 aliphatic heterocycles. The van der Waals surface area contributed by atoms with Crippen LogP contribution < -0.4 is 10.6 Å². The van der Waals surface area contributed by atoms with Gasteiger partial charge in [0, 0.05) is 12.2 Å². The van der Waals surface area contributed by atoms with Gasteiger partial charge in [0.25, 0.3) is 0 Å². The zero-order chi connectivity index (χ0) is 10.5. The standard InChI is InChI=1S/C10H15BrN4/c11-9-6-13-7-14-10(9)15-8-2-1-4-12-5-3-8/h6-8,12H,1-5H2,(H,13,14,15). The summed E-state index contributed by atoms with van der Waals surface area (Å²) in [5, 5.41) is 6.84. The van der Waals surface area contributed by atoms with E-state index in [4.69, 9.17) is 0 Å². The minimum absolute atomic E-state index is 0.520. The Bertz CT molecular complexity index is 310. The largest absolute Gasteiger partial charge is 0.366 e. The highest BCUT2D eigenvalue weighted by Crippen LogP contribution is 2.20. The summed E-state index contributed by atoms with van der Waals surface area (Å²) in [5.74, 6) is 0.900. The van der Waals surface area contributed by atoms with E-state index in [9.17, 15) is 0 Å². The van der Waals surface area contributed by atoms with E-state index in [1.807, 2.05) is 0 Å². The average Bonchev–Trinajstić information content (AvgIpc) is 2.50. The molecule has 0 aromatic carbocycles. The molecule has 5 heteroatoms. The van der Waals surface area contributed by atoms with Gasteiger partial charge < -0.3 is 10.6 Å². The highest BCUT2D eigenvalue weighted by atomic mass is 79.9. The first-order chi connectivity index (χ1) is 7.36. The first-order valence-electron chi connectivity index (χ1n) is 5.29. The molecule has 0 aliphatic carbocycles. The molecule has 0 spiro atoms. The Morgan fingerprint density at radius 2 is 2.33 bits per heavy atom. The number of hydrogen-bond acceptors (Lipinski definition) is 4. The summed E-state index contributed by atoms with van der Waals surface area (Å²) in [7, 11) is 0. The first kappa shape index (κ1) is 10.8. The summed E-state index contributed by atoms with van der Waals surface area (Å²) >= 11 is 3.44. The van der Waals surface area contributed by atoms with Gasteiger partial charge in [0.1, 0.15) is 12.1 Å². The van der Waals surface area contributed by atoms with E-state index in [1.165, 1.54) is 12.8 Å². The maximum absolute atomic E-state index is 4.21. The van der Waals surface area contributed by atoms with Crippen LogP contribution in [0.3, 0.4) is 0 Å². The maximum Gasteiger partial charge on any atom is 0.143 e. The van der Waals surface area contributed by atoms with Crippen LogP contribution in [0.2, 0.25) is 0 Å². The van der Waals surface area contributed by atoms with Crippen molar-refractivity contribution in [1.82, 2.24) is 15.3 Å². The highest BCUT2D eigenvalue weighted by molar-refractivity contribution is 9.10. The van der Waals surface area contributed by atoms with Crippen molar-refractivity contribution in [2.24, 2.45) is 0 Å². The smallest absolute Gasteiger partial charge is 0.143 e. The Morgan fingerprint density at radius 3 is 3.20 bits per heavy atom. The molecule has 1 unspecified atom stereocenters. The quantitative estimate of drug-likeness (QED) is 0.861. The molecule has 1 aromatic heterocycles. The van der Waals surface area contributed by atoms with E-state index >= 15 is 0 Å². The van der Waals surface area contributed by atoms with E-state index in [2.05, 4.69) is 36.5 Å². The lowest BCUT2D eigenvalue weighted by atomic mass is 10.1. The van der Waals surface area contributed by atoms with Gasteiger partial charge in [-0.15, -0.1) is 0 Å². The molecule has 1 fully saturated rings. The number of anilines is 1. The molecular weight excluding hydrogens is 256 g/mol. The molecule has 2 rings (SSSR count). The van der Waals surface area contributed by atoms with Crippen LogP contribution in [-0.2, 0) is 0 Å². The number of halogens is 1. The van der Waals surface area contributed by atoms with Gasteiger partial charge in [-0.05, 0) is 48.3 Å². The molecule has 1 aliphatic rings. The van der Waals surface area contributed by atoms with E-state index in [0.29, 0.717) is 6.04 Å². The Morgan fingerprint density at radius 1 is 1.40 bits per heavy atom. The third-order valence-corrected chi connectivity index (χ3v) is 3.16. The first-order valence-corrected chi connectivity index (χ1v) is 6.08. The molecule has 82 valence electrons. The van der Waals surface area contributed by atoms with Gasteiger partial charge in [0.05, 0.1) is 4.47 Å². The second-order valence-electron chi connectivity index (χ2n) is 3.74. The van der Waals surface area contributed by atoms with Gasteiger partial charge in [-0.3, -0.25) is 0 Å². The van der Waals surface area contributed by atoms with Crippen LogP contribution in [0.4, 0.5) is 5.82 Å². The lowest BCUT2D eigenvalue weighted by Crippen LogP contribution is -2.22. The molecule has 2 heterocycles. The van der Waals surface area contributed by atoms with Crippen LogP contribution in [0.1, 0.15) is 19.3 Å². The average molecular weight is 271 g/mol. The predicted molar refractivity (Wildman–Crippen MR) is 63.9 cm³/mol. The number of nitrogens with one attached hydrogen (secondary N) is 2. The van der Waals surface area contributed by atoms with Crippen molar-refractivity contribution in [3.05, 3.63) is 17.0 Å². The minimum atomic E-state index is 0.520. The predicted octanol–water partition coefficient (Wildman–Crippen LogP) is 1.79. The van der Waals surface area contributed by atoms with Gasteiger partial charge in [-0.25, -0.2) is 9.97 Å². The van der Waals surface area contributed by atoms with Crippen molar-refractivity contribution in [3.8, 4) is 0 Å². The van der Waals surface area contributed by atoms with Gasteiger partial charge in [-0.2, -0.15) is 0 Å². The zero-order valence-electron chi connectivity index (χ0n) is 8.54. The Labute approximate surface area is 98.0 Å². The molecule has 1 saturated heterocycles. The third kappa shape index (κ3) is 3.14. The van der Waals surface area contributed by atoms with E-state index in [1.54, 1.807) is 12.5 Å². The van der Waals surface area contributed by atoms with Gasteiger partial charge in [0.15, 0.2) is 0 Å². The van der Waals surface area contributed by atoms with Crippen LogP contribution >= 0.6 is 15.9 Å². The molecule has 0 bridgehead atoms. The van der Waals surface area contributed by atoms with Crippen LogP contribution in [0, 0.1) is 0 Å². The number of nitrogens with zero attached hydrogens (tertiary/aromatic N) is 2. The van der Waals surface area contributed by atoms with Crippen molar-refractivity contribution in [2.45, 2.75) is 25.3 Å². The van der Waals surface area contributed by atoms with Crippen LogP contribution in [0.5, 0.6) is 0 Å². The van der Waals surface area contributed by atoms with E-state index < -0.39 is 0 Å². The van der Waals surface area contributed by atoms with Crippen LogP contribution in [0.15, 0.2) is 17.0 Å². The monoisotopic (exact) mass is 270 g/mol. The number of rotatable bonds is 2. The van der Waals surface area contributed by atoms with Gasteiger partial charge in [-0.1, -0.05) is 0 Å². The number of hydrogen-bond donors (Lipinski definition) is 2. The fraction of sp³-hybridized carbons (Fsp3) is 0.600. The molecule has 4 nitrogen and oxygen atoms in total. The van der Waals surface area contributed by atoms with Gasteiger partial charge in [0.2, 0.25) is 0 Å². The third-order valence-electron chi connectivity index (χ3n) is 2.58. The highest BCUT2D eigenvalue weighted by Gasteiger charge is 2.13. The van der Waals surface area contributed by atoms with Crippen molar-refractivity contribution < 1.29 is 0 Å². The van der Waals surface area contributed by atoms with E-state index in [-0.39, 0.29) is 0 Å². The Hall–Kier alpha value is -0.680. The second kappa shape index (κ2) is 5.42. The molecule has 0 amide bonds. The lowest BCUT2D eigenvalue weighted by molar-refractivity contribution is 0.634. The summed E-state index contributed by atoms with van der Waals surface area (Å²) in [6.45, 7) is 2.21. The SMILES string of the molecule is Brc1cncnc1NC1CCCNCC1. The molecule has 0 saturated carbocycles. The minimum Gasteiger partial charge on any atom is -0.366 e. The fourth-order valence-electron chi connectivity index (χ4n) is 1.78. The van der Waals surface area contributed by atoms with Gasteiger partial charge >= 0.3 is 0 Å². The van der Waals surface area contributed by atoms with Crippen molar-refractivity contribution in [2.75, 3.05) is 18.4 Å². The summed E-state index contributed by atoms with van der Waals surface area (Å²) < 4.78 is 0.933. The second-order valence-corrected chi connectivity index (χ2v) is 4.60. The van der Waals surface area contributed by atoms with Crippen molar-refractivity contribution >= 4 is 21.7 Å². The molecular formula is C10H15BrN4. The Kier molecular flexibility index (Phi) is 3.91. The summed E-state index contributed by atoms with van der Waals surface area (Å²) in [6, 6.07) is 0.520. The van der Waals surface area contributed by atoms with Crippen molar-refractivity contribution in [1.29, 1.82) is 0 Å². The number of aromatic nitrogens is 2. The Balaban J connectivity index is 1.98. The normalized spacial score (nSPS) is 22.1. The van der Waals surface area contributed by atoms with Crippen LogP contribution in [0.25, 0.3) is 0 Å². The maximum atomic E-state index is 4.21.